The summed E-state index contributed by atoms with van der Waals surface area (Å²) in [5.74, 6) is 0.0160. The van der Waals surface area contributed by atoms with Crippen LogP contribution in [0.3, 0.4) is 0 Å². The molecule has 0 aliphatic carbocycles. The van der Waals surface area contributed by atoms with Crippen LogP contribution in [0.2, 0.25) is 0 Å². The zero-order chi connectivity index (χ0) is 14.0. The van der Waals surface area contributed by atoms with E-state index in [0.29, 0.717) is 10.7 Å². The molecule has 98 valence electrons. The number of nitrogens with one attached hydrogen (secondary N) is 1. The van der Waals surface area contributed by atoms with E-state index in [1.165, 1.54) is 11.8 Å². The van der Waals surface area contributed by atoms with Crippen LogP contribution in [-0.4, -0.2) is 20.8 Å². The van der Waals surface area contributed by atoms with E-state index in [4.69, 9.17) is 11.1 Å². The Kier molecular flexibility index (Phi) is 3.80. The highest BCUT2D eigenvalue weighted by Crippen LogP contribution is 2.24. The summed E-state index contributed by atoms with van der Waals surface area (Å²) < 4.78 is 0. The maximum absolute atomic E-state index is 7.31. The first kappa shape index (κ1) is 13.5. The number of aryl methyl sites for hydroxylation is 2. The first-order valence-electron chi connectivity index (χ1n) is 5.77. The molecule has 0 aromatic carbocycles. The van der Waals surface area contributed by atoms with Crippen LogP contribution in [0.25, 0.3) is 0 Å². The number of nitrogens with zero attached hydrogens (tertiary/aromatic N) is 3. The minimum atomic E-state index is 0.0160. The van der Waals surface area contributed by atoms with Crippen molar-refractivity contribution in [2.24, 2.45) is 5.73 Å². The van der Waals surface area contributed by atoms with Crippen LogP contribution in [0, 0.1) is 26.2 Å². The van der Waals surface area contributed by atoms with Gasteiger partial charge in [0, 0.05) is 23.1 Å². The van der Waals surface area contributed by atoms with Crippen molar-refractivity contribution in [1.29, 1.82) is 5.41 Å². The van der Waals surface area contributed by atoms with Crippen LogP contribution < -0.4 is 5.73 Å². The van der Waals surface area contributed by atoms with Gasteiger partial charge in [0.05, 0.1) is 0 Å². The van der Waals surface area contributed by atoms with Gasteiger partial charge in [-0.1, -0.05) is 0 Å². The molecule has 2 heterocycles. The van der Waals surface area contributed by atoms with Crippen LogP contribution in [-0.2, 0) is 0 Å². The van der Waals surface area contributed by atoms with E-state index in [0.717, 1.165) is 22.0 Å². The first-order valence-corrected chi connectivity index (χ1v) is 6.59. The molecule has 0 aliphatic heterocycles. The van der Waals surface area contributed by atoms with Gasteiger partial charge in [-0.05, 0) is 50.2 Å². The van der Waals surface area contributed by atoms with Crippen LogP contribution in [0.1, 0.15) is 22.5 Å². The van der Waals surface area contributed by atoms with E-state index in [1.807, 2.05) is 26.8 Å². The molecule has 0 amide bonds. The Morgan fingerprint density at radius 1 is 1.16 bits per heavy atom. The number of nitrogens with two attached hydrogens (primary N) is 1. The highest BCUT2D eigenvalue weighted by molar-refractivity contribution is 7.99. The van der Waals surface area contributed by atoms with Crippen molar-refractivity contribution in [1.82, 2.24) is 15.0 Å². The highest BCUT2D eigenvalue weighted by atomic mass is 32.2. The van der Waals surface area contributed by atoms with Gasteiger partial charge < -0.3 is 5.73 Å². The van der Waals surface area contributed by atoms with Crippen LogP contribution in [0.15, 0.2) is 28.5 Å². The second-order valence-corrected chi connectivity index (χ2v) is 5.19. The maximum atomic E-state index is 7.31. The molecule has 5 nitrogen and oxygen atoms in total. The third-order valence-corrected chi connectivity index (χ3v) is 3.67. The number of aromatic nitrogens is 3. The number of amidine groups is 1. The minimum Gasteiger partial charge on any atom is -0.384 e. The molecule has 0 atom stereocenters. The lowest BCUT2D eigenvalue weighted by atomic mass is 10.2. The van der Waals surface area contributed by atoms with E-state index >= 15 is 0 Å². The molecule has 0 saturated heterocycles. The molecule has 2 aromatic heterocycles. The molecule has 2 aromatic rings. The van der Waals surface area contributed by atoms with Crippen molar-refractivity contribution >= 4 is 17.6 Å². The predicted molar refractivity (Wildman–Crippen MR) is 75.6 cm³/mol. The van der Waals surface area contributed by atoms with Crippen molar-refractivity contribution in [2.75, 3.05) is 0 Å². The van der Waals surface area contributed by atoms with E-state index in [1.54, 1.807) is 12.3 Å². The molecule has 0 spiro atoms. The second-order valence-electron chi connectivity index (χ2n) is 4.20. The largest absolute Gasteiger partial charge is 0.384 e. The van der Waals surface area contributed by atoms with Gasteiger partial charge in [-0.25, -0.2) is 15.0 Å². The Morgan fingerprint density at radius 3 is 2.26 bits per heavy atom. The Balaban J connectivity index is 2.24. The molecular formula is C13H15N5S. The summed E-state index contributed by atoms with van der Waals surface area (Å²) in [5.41, 5.74) is 9.08. The molecule has 0 fully saturated rings. The fraction of sp³-hybridized carbons (Fsp3) is 0.231. The van der Waals surface area contributed by atoms with E-state index in [-0.39, 0.29) is 5.84 Å². The lowest BCUT2D eigenvalue weighted by Crippen LogP contribution is -2.11. The standard InChI is InChI=1S/C13H15N5S/c1-7-8(2)17-13(18-9(7)3)19-11-5-4-10(6-16-11)12(14)15/h4-6H,1-3H3,(H3,14,15). The van der Waals surface area contributed by atoms with Gasteiger partial charge in [-0.15, -0.1) is 0 Å². The smallest absolute Gasteiger partial charge is 0.194 e. The van der Waals surface area contributed by atoms with E-state index < -0.39 is 0 Å². The van der Waals surface area contributed by atoms with Crippen molar-refractivity contribution in [3.8, 4) is 0 Å². The van der Waals surface area contributed by atoms with Gasteiger partial charge in [0.2, 0.25) is 0 Å². The molecule has 0 radical (unpaired) electrons. The minimum absolute atomic E-state index is 0.0160. The number of hydrogen-bond donors (Lipinski definition) is 2. The normalized spacial score (nSPS) is 10.5. The summed E-state index contributed by atoms with van der Waals surface area (Å²) in [4.78, 5) is 13.1. The Bertz CT molecular complexity index is 598. The summed E-state index contributed by atoms with van der Waals surface area (Å²) in [6.07, 6.45) is 1.58. The topological polar surface area (TPSA) is 88.5 Å². The summed E-state index contributed by atoms with van der Waals surface area (Å²) >= 11 is 1.40. The molecule has 19 heavy (non-hydrogen) atoms. The quantitative estimate of drug-likeness (QED) is 0.508. The highest BCUT2D eigenvalue weighted by Gasteiger charge is 2.07. The molecule has 0 unspecified atom stereocenters. The van der Waals surface area contributed by atoms with Crippen molar-refractivity contribution in [3.63, 3.8) is 0 Å². The first-order chi connectivity index (χ1) is 8.97. The number of rotatable bonds is 3. The summed E-state index contributed by atoms with van der Waals surface area (Å²) in [7, 11) is 0. The average molecular weight is 273 g/mol. The Labute approximate surface area is 116 Å². The average Bonchev–Trinajstić information content (AvgIpc) is 2.36. The van der Waals surface area contributed by atoms with E-state index in [2.05, 4.69) is 15.0 Å². The molecule has 0 saturated carbocycles. The summed E-state index contributed by atoms with van der Waals surface area (Å²) in [6, 6.07) is 3.58. The second kappa shape index (κ2) is 5.36. The lowest BCUT2D eigenvalue weighted by molar-refractivity contribution is 0.878. The van der Waals surface area contributed by atoms with Crippen LogP contribution in [0.5, 0.6) is 0 Å². The third kappa shape index (κ3) is 3.08. The van der Waals surface area contributed by atoms with Crippen molar-refractivity contribution in [2.45, 2.75) is 31.0 Å². The number of nitrogen functional groups attached to an aromatic ring is 1. The monoisotopic (exact) mass is 273 g/mol. The Morgan fingerprint density at radius 2 is 1.79 bits per heavy atom. The molecule has 6 heteroatoms. The predicted octanol–water partition coefficient (Wildman–Crippen LogP) is 2.23. The van der Waals surface area contributed by atoms with Crippen LogP contribution >= 0.6 is 11.8 Å². The van der Waals surface area contributed by atoms with Crippen molar-refractivity contribution < 1.29 is 0 Å². The fourth-order valence-corrected chi connectivity index (χ4v) is 2.27. The van der Waals surface area contributed by atoms with Crippen molar-refractivity contribution in [3.05, 3.63) is 40.8 Å². The zero-order valence-electron chi connectivity index (χ0n) is 11.1. The van der Waals surface area contributed by atoms with Gasteiger partial charge in [-0.2, -0.15) is 0 Å². The maximum Gasteiger partial charge on any atom is 0.194 e. The number of hydrogen-bond acceptors (Lipinski definition) is 5. The molecule has 0 aliphatic rings. The lowest BCUT2D eigenvalue weighted by Gasteiger charge is -2.06. The van der Waals surface area contributed by atoms with E-state index in [9.17, 15) is 0 Å². The zero-order valence-corrected chi connectivity index (χ0v) is 11.9. The number of pyridine rings is 1. The molecule has 2 rings (SSSR count). The van der Waals surface area contributed by atoms with Gasteiger partial charge in [0.15, 0.2) is 5.16 Å². The van der Waals surface area contributed by atoms with Crippen LogP contribution in [0.4, 0.5) is 0 Å². The fourth-order valence-electron chi connectivity index (χ4n) is 1.48. The summed E-state index contributed by atoms with van der Waals surface area (Å²) in [6.45, 7) is 5.96. The van der Waals surface area contributed by atoms with Gasteiger partial charge in [0.1, 0.15) is 10.9 Å². The van der Waals surface area contributed by atoms with Gasteiger partial charge >= 0.3 is 0 Å². The summed E-state index contributed by atoms with van der Waals surface area (Å²) in [5, 5.41) is 8.78. The molecule has 3 N–H and O–H groups in total. The Hall–Kier alpha value is -1.95. The SMILES string of the molecule is Cc1nc(Sc2ccc(C(=N)N)cn2)nc(C)c1C. The third-order valence-electron chi connectivity index (χ3n) is 2.86. The molecule has 0 bridgehead atoms. The van der Waals surface area contributed by atoms with Gasteiger partial charge in [-0.3, -0.25) is 5.41 Å². The van der Waals surface area contributed by atoms with Gasteiger partial charge in [0.25, 0.3) is 0 Å². The molecular weight excluding hydrogens is 258 g/mol.